The molecule has 0 aliphatic heterocycles. The summed E-state index contributed by atoms with van der Waals surface area (Å²) in [5.74, 6) is -0.731. The molecule has 1 aromatic heterocycles. The summed E-state index contributed by atoms with van der Waals surface area (Å²) in [4.78, 5) is 24.3. The van der Waals surface area contributed by atoms with E-state index in [0.717, 1.165) is 17.5 Å². The standard InChI is InChI=1S/C18H21FN2O3S/c1-2-20-18(23)21-11-6-8-12(9-7-11)24-17(22)16-10-13-14(19)4-3-5-15(13)25-16/h3-5,10-12H,2,6-9H2,1H3,(H2,20,21,23). The number of nitrogens with one attached hydrogen (secondary N) is 2. The van der Waals surface area contributed by atoms with E-state index in [2.05, 4.69) is 10.6 Å². The summed E-state index contributed by atoms with van der Waals surface area (Å²) < 4.78 is 20.0. The largest absolute Gasteiger partial charge is 0.458 e. The van der Waals surface area contributed by atoms with Crippen LogP contribution >= 0.6 is 11.3 Å². The molecule has 0 unspecified atom stereocenters. The maximum Gasteiger partial charge on any atom is 0.348 e. The summed E-state index contributed by atoms with van der Waals surface area (Å²) >= 11 is 1.24. The zero-order chi connectivity index (χ0) is 17.8. The van der Waals surface area contributed by atoms with Crippen molar-refractivity contribution < 1.29 is 18.7 Å². The van der Waals surface area contributed by atoms with Gasteiger partial charge in [-0.05, 0) is 50.8 Å². The van der Waals surface area contributed by atoms with Gasteiger partial charge in [0.2, 0.25) is 0 Å². The predicted molar refractivity (Wildman–Crippen MR) is 95.5 cm³/mol. The molecule has 1 aliphatic rings. The van der Waals surface area contributed by atoms with Gasteiger partial charge in [0.25, 0.3) is 0 Å². The molecule has 2 N–H and O–H groups in total. The zero-order valence-electron chi connectivity index (χ0n) is 14.0. The van der Waals surface area contributed by atoms with Gasteiger partial charge in [0.1, 0.15) is 16.8 Å². The molecule has 2 aromatic rings. The molecule has 0 saturated heterocycles. The van der Waals surface area contributed by atoms with Crippen molar-refractivity contribution in [1.82, 2.24) is 10.6 Å². The van der Waals surface area contributed by atoms with E-state index in [4.69, 9.17) is 4.74 Å². The van der Waals surface area contributed by atoms with Crippen LogP contribution in [-0.4, -0.2) is 30.7 Å². The molecule has 0 bridgehead atoms. The molecular formula is C18H21FN2O3S. The lowest BCUT2D eigenvalue weighted by molar-refractivity contribution is 0.0194. The number of carbonyl (C=O) groups is 2. The van der Waals surface area contributed by atoms with Crippen LogP contribution in [0.4, 0.5) is 9.18 Å². The Balaban J connectivity index is 1.53. The molecule has 134 valence electrons. The summed E-state index contributed by atoms with van der Waals surface area (Å²) in [5.41, 5.74) is 0. The highest BCUT2D eigenvalue weighted by molar-refractivity contribution is 7.20. The lowest BCUT2D eigenvalue weighted by Crippen LogP contribution is -2.44. The predicted octanol–water partition coefficient (Wildman–Crippen LogP) is 3.83. The molecule has 5 nitrogen and oxygen atoms in total. The first-order chi connectivity index (χ1) is 12.1. The molecule has 0 atom stereocenters. The summed E-state index contributed by atoms with van der Waals surface area (Å²) in [6.07, 6.45) is 2.81. The molecule has 0 radical (unpaired) electrons. The maximum absolute atomic E-state index is 13.7. The number of hydrogen-bond donors (Lipinski definition) is 2. The van der Waals surface area contributed by atoms with Crippen LogP contribution < -0.4 is 10.6 Å². The quantitative estimate of drug-likeness (QED) is 0.811. The first kappa shape index (κ1) is 17.7. The van der Waals surface area contributed by atoms with Crippen molar-refractivity contribution in [1.29, 1.82) is 0 Å². The van der Waals surface area contributed by atoms with E-state index in [1.807, 2.05) is 6.92 Å². The van der Waals surface area contributed by atoms with Crippen LogP contribution in [0, 0.1) is 5.82 Å². The van der Waals surface area contributed by atoms with Crippen molar-refractivity contribution >= 4 is 33.4 Å². The molecule has 1 heterocycles. The van der Waals surface area contributed by atoms with E-state index in [9.17, 15) is 14.0 Å². The van der Waals surface area contributed by atoms with Crippen molar-refractivity contribution in [2.45, 2.75) is 44.8 Å². The summed E-state index contributed by atoms with van der Waals surface area (Å²) in [5, 5.41) is 6.08. The number of urea groups is 1. The number of ether oxygens (including phenoxy) is 1. The SMILES string of the molecule is CCNC(=O)NC1CCC(OC(=O)c2cc3c(F)cccc3s2)CC1. The van der Waals surface area contributed by atoms with Crippen LogP contribution in [0.2, 0.25) is 0 Å². The number of halogens is 1. The lowest BCUT2D eigenvalue weighted by Gasteiger charge is -2.28. The summed E-state index contributed by atoms with van der Waals surface area (Å²) in [6.45, 7) is 2.46. The Hall–Kier alpha value is -2.15. The van der Waals surface area contributed by atoms with Gasteiger partial charge in [-0.2, -0.15) is 0 Å². The average molecular weight is 364 g/mol. The maximum atomic E-state index is 13.7. The van der Waals surface area contributed by atoms with Crippen molar-refractivity contribution in [3.8, 4) is 0 Å². The number of amides is 2. The number of rotatable bonds is 4. The van der Waals surface area contributed by atoms with Gasteiger partial charge in [-0.15, -0.1) is 11.3 Å². The third kappa shape index (κ3) is 4.28. The minimum atomic E-state index is -0.402. The fourth-order valence-corrected chi connectivity index (χ4v) is 4.02. The zero-order valence-corrected chi connectivity index (χ0v) is 14.8. The normalized spacial score (nSPS) is 20.2. The molecule has 0 spiro atoms. The Morgan fingerprint density at radius 1 is 1.28 bits per heavy atom. The fourth-order valence-electron chi connectivity index (χ4n) is 3.06. The Morgan fingerprint density at radius 3 is 2.72 bits per heavy atom. The van der Waals surface area contributed by atoms with Crippen LogP contribution in [0.3, 0.4) is 0 Å². The Bertz CT molecular complexity index is 769. The van der Waals surface area contributed by atoms with Gasteiger partial charge < -0.3 is 15.4 Å². The number of hydrogen-bond acceptors (Lipinski definition) is 4. The fraction of sp³-hybridized carbons (Fsp3) is 0.444. The molecule has 25 heavy (non-hydrogen) atoms. The van der Waals surface area contributed by atoms with Gasteiger partial charge >= 0.3 is 12.0 Å². The van der Waals surface area contributed by atoms with Crippen molar-refractivity contribution in [2.75, 3.05) is 6.54 Å². The smallest absolute Gasteiger partial charge is 0.348 e. The number of esters is 1. The van der Waals surface area contributed by atoms with Crippen LogP contribution in [0.5, 0.6) is 0 Å². The second-order valence-electron chi connectivity index (χ2n) is 6.15. The minimum absolute atomic E-state index is 0.111. The number of carbonyl (C=O) groups excluding carboxylic acids is 2. The highest BCUT2D eigenvalue weighted by Crippen LogP contribution is 2.29. The van der Waals surface area contributed by atoms with Crippen LogP contribution in [0.1, 0.15) is 42.3 Å². The molecular weight excluding hydrogens is 343 g/mol. The molecule has 1 aliphatic carbocycles. The van der Waals surface area contributed by atoms with Crippen LogP contribution in [-0.2, 0) is 4.74 Å². The van der Waals surface area contributed by atoms with E-state index < -0.39 is 5.97 Å². The Kier molecular flexibility index (Phi) is 5.53. The second kappa shape index (κ2) is 7.82. The number of benzene rings is 1. The molecule has 1 fully saturated rings. The number of fused-ring (bicyclic) bond motifs is 1. The van der Waals surface area contributed by atoms with E-state index in [0.29, 0.717) is 29.6 Å². The third-order valence-corrected chi connectivity index (χ3v) is 5.41. The molecule has 1 aromatic carbocycles. The van der Waals surface area contributed by atoms with Gasteiger partial charge in [-0.1, -0.05) is 6.07 Å². The van der Waals surface area contributed by atoms with E-state index in [-0.39, 0.29) is 24.0 Å². The molecule has 2 amide bonds. The van der Waals surface area contributed by atoms with Crippen LogP contribution in [0.25, 0.3) is 10.1 Å². The minimum Gasteiger partial charge on any atom is -0.458 e. The van der Waals surface area contributed by atoms with E-state index >= 15 is 0 Å². The molecule has 1 saturated carbocycles. The van der Waals surface area contributed by atoms with Gasteiger partial charge in [0.05, 0.1) is 0 Å². The molecule has 3 rings (SSSR count). The summed E-state index contributed by atoms with van der Waals surface area (Å²) in [7, 11) is 0. The van der Waals surface area contributed by atoms with E-state index in [1.54, 1.807) is 18.2 Å². The Labute approximate surface area is 149 Å². The Morgan fingerprint density at radius 2 is 2.04 bits per heavy atom. The van der Waals surface area contributed by atoms with Gasteiger partial charge in [-0.25, -0.2) is 14.0 Å². The van der Waals surface area contributed by atoms with Gasteiger partial charge in [0, 0.05) is 22.7 Å². The van der Waals surface area contributed by atoms with Gasteiger partial charge in [0.15, 0.2) is 0 Å². The van der Waals surface area contributed by atoms with Crippen molar-refractivity contribution in [2.24, 2.45) is 0 Å². The first-order valence-electron chi connectivity index (χ1n) is 8.50. The topological polar surface area (TPSA) is 67.4 Å². The summed E-state index contributed by atoms with van der Waals surface area (Å²) in [6, 6.07) is 6.31. The molecule has 7 heteroatoms. The van der Waals surface area contributed by atoms with Crippen LogP contribution in [0.15, 0.2) is 24.3 Å². The van der Waals surface area contributed by atoms with Crippen molar-refractivity contribution in [3.05, 3.63) is 35.0 Å². The second-order valence-corrected chi connectivity index (χ2v) is 7.23. The average Bonchev–Trinajstić information content (AvgIpc) is 3.03. The van der Waals surface area contributed by atoms with E-state index in [1.165, 1.54) is 17.4 Å². The first-order valence-corrected chi connectivity index (χ1v) is 9.32. The lowest BCUT2D eigenvalue weighted by atomic mass is 9.93. The van der Waals surface area contributed by atoms with Crippen molar-refractivity contribution in [3.63, 3.8) is 0 Å². The van der Waals surface area contributed by atoms with Gasteiger partial charge in [-0.3, -0.25) is 0 Å². The monoisotopic (exact) mass is 364 g/mol. The number of thiophene rings is 1. The highest BCUT2D eigenvalue weighted by Gasteiger charge is 2.26. The highest BCUT2D eigenvalue weighted by atomic mass is 32.1. The third-order valence-electron chi connectivity index (χ3n) is 4.33.